The van der Waals surface area contributed by atoms with Crippen LogP contribution in [0.2, 0.25) is 0 Å². The Morgan fingerprint density at radius 2 is 1.96 bits per heavy atom. The van der Waals surface area contributed by atoms with E-state index in [1.54, 1.807) is 13.0 Å². The normalized spacial score (nSPS) is 13.6. The SMILES string of the molecule is COc1ccnc(C(C)S(=O)c2nc3ccc(OC(F)F)cc3[nH]2)c1OC. The van der Waals surface area contributed by atoms with Crippen molar-refractivity contribution < 1.29 is 27.2 Å². The maximum atomic E-state index is 13.0. The fourth-order valence-corrected chi connectivity index (χ4v) is 3.71. The van der Waals surface area contributed by atoms with E-state index < -0.39 is 22.7 Å². The highest BCUT2D eigenvalue weighted by atomic mass is 32.2. The zero-order valence-corrected chi connectivity index (χ0v) is 15.5. The molecular formula is C17H17F2N3O4S. The van der Waals surface area contributed by atoms with Crippen molar-refractivity contribution in [2.75, 3.05) is 14.2 Å². The lowest BCUT2D eigenvalue weighted by Gasteiger charge is -2.15. The lowest BCUT2D eigenvalue weighted by molar-refractivity contribution is -0.0497. The number of ether oxygens (including phenoxy) is 3. The van der Waals surface area contributed by atoms with Crippen LogP contribution in [0, 0.1) is 0 Å². The van der Waals surface area contributed by atoms with Gasteiger partial charge in [0.15, 0.2) is 16.7 Å². The van der Waals surface area contributed by atoms with E-state index in [0.717, 1.165) is 0 Å². The van der Waals surface area contributed by atoms with E-state index in [2.05, 4.69) is 19.7 Å². The van der Waals surface area contributed by atoms with Crippen LogP contribution in [0.3, 0.4) is 0 Å². The molecule has 2 unspecified atom stereocenters. The van der Waals surface area contributed by atoms with Crippen molar-refractivity contribution in [2.24, 2.45) is 0 Å². The molecule has 7 nitrogen and oxygen atoms in total. The molecule has 0 aliphatic heterocycles. The number of alkyl halides is 2. The second kappa shape index (κ2) is 7.87. The minimum Gasteiger partial charge on any atom is -0.493 e. The number of fused-ring (bicyclic) bond motifs is 1. The summed E-state index contributed by atoms with van der Waals surface area (Å²) in [6.07, 6.45) is 1.54. The number of aromatic amines is 1. The molecule has 1 N–H and O–H groups in total. The Morgan fingerprint density at radius 1 is 1.19 bits per heavy atom. The first-order valence-corrected chi connectivity index (χ1v) is 9.08. The summed E-state index contributed by atoms with van der Waals surface area (Å²) in [5, 5.41) is -0.370. The molecule has 0 bridgehead atoms. The summed E-state index contributed by atoms with van der Waals surface area (Å²) >= 11 is 0. The minimum atomic E-state index is -2.93. The number of hydrogen-bond acceptors (Lipinski definition) is 6. The van der Waals surface area contributed by atoms with Gasteiger partial charge in [-0.3, -0.25) is 9.19 Å². The second-order valence-electron chi connectivity index (χ2n) is 5.47. The van der Waals surface area contributed by atoms with Gasteiger partial charge < -0.3 is 19.2 Å². The van der Waals surface area contributed by atoms with Gasteiger partial charge in [0.2, 0.25) is 0 Å². The number of aromatic nitrogens is 3. The predicted octanol–water partition coefficient (Wildman–Crippen LogP) is 3.45. The molecule has 3 rings (SSSR count). The number of methoxy groups -OCH3 is 2. The number of hydrogen-bond donors (Lipinski definition) is 1. The maximum Gasteiger partial charge on any atom is 0.387 e. The van der Waals surface area contributed by atoms with Crippen LogP contribution in [-0.4, -0.2) is 40.0 Å². The molecule has 0 spiro atoms. The summed E-state index contributed by atoms with van der Waals surface area (Å²) < 4.78 is 52.6. The average molecular weight is 397 g/mol. The molecule has 10 heteroatoms. The van der Waals surface area contributed by atoms with E-state index >= 15 is 0 Å². The smallest absolute Gasteiger partial charge is 0.387 e. The molecule has 0 fully saturated rings. The van der Waals surface area contributed by atoms with Crippen molar-refractivity contribution in [3.63, 3.8) is 0 Å². The standard InChI is InChI=1S/C17H17F2N3O4S/c1-9(14-15(25-3)13(24-2)6-7-20-14)27(23)17-21-11-5-4-10(26-16(18)19)8-12(11)22-17/h4-9,16H,1-3H3,(H,21,22). The van der Waals surface area contributed by atoms with Crippen molar-refractivity contribution >= 4 is 21.8 Å². The quantitative estimate of drug-likeness (QED) is 0.657. The number of imidazole rings is 1. The van der Waals surface area contributed by atoms with Crippen LogP contribution in [0.4, 0.5) is 8.78 Å². The summed E-state index contributed by atoms with van der Waals surface area (Å²) in [5.41, 5.74) is 1.38. The van der Waals surface area contributed by atoms with Crippen LogP contribution in [0.5, 0.6) is 17.2 Å². The molecule has 3 aromatic rings. The molecule has 0 saturated heterocycles. The average Bonchev–Trinajstić information content (AvgIpc) is 3.08. The predicted molar refractivity (Wildman–Crippen MR) is 94.9 cm³/mol. The molecule has 0 radical (unpaired) electrons. The van der Waals surface area contributed by atoms with E-state index in [-0.39, 0.29) is 10.9 Å². The Bertz CT molecular complexity index is 980. The van der Waals surface area contributed by atoms with Crippen LogP contribution in [0.15, 0.2) is 35.6 Å². The number of nitrogens with one attached hydrogen (secondary N) is 1. The molecule has 2 atom stereocenters. The number of pyridine rings is 1. The van der Waals surface area contributed by atoms with E-state index in [0.29, 0.717) is 28.2 Å². The van der Waals surface area contributed by atoms with Gasteiger partial charge in [0.25, 0.3) is 0 Å². The maximum absolute atomic E-state index is 13.0. The van der Waals surface area contributed by atoms with Gasteiger partial charge >= 0.3 is 6.61 Å². The highest BCUT2D eigenvalue weighted by molar-refractivity contribution is 7.85. The molecule has 0 aliphatic rings. The Balaban J connectivity index is 1.93. The van der Waals surface area contributed by atoms with Crippen LogP contribution < -0.4 is 14.2 Å². The number of rotatable bonds is 7. The Kier molecular flexibility index (Phi) is 5.54. The molecule has 0 amide bonds. The zero-order valence-electron chi connectivity index (χ0n) is 14.7. The first-order chi connectivity index (χ1) is 12.9. The molecular weight excluding hydrogens is 380 g/mol. The van der Waals surface area contributed by atoms with Crippen molar-refractivity contribution in [1.82, 2.24) is 15.0 Å². The second-order valence-corrected chi connectivity index (χ2v) is 7.16. The third-order valence-corrected chi connectivity index (χ3v) is 5.31. The number of nitrogens with zero attached hydrogens (tertiary/aromatic N) is 2. The Labute approximate surface area is 156 Å². The van der Waals surface area contributed by atoms with Gasteiger partial charge in [0.1, 0.15) is 11.4 Å². The Morgan fingerprint density at radius 3 is 2.63 bits per heavy atom. The van der Waals surface area contributed by atoms with Crippen LogP contribution in [-0.2, 0) is 10.8 Å². The first kappa shape index (κ1) is 19.0. The fourth-order valence-electron chi connectivity index (χ4n) is 2.61. The Hall–Kier alpha value is -2.75. The van der Waals surface area contributed by atoms with Gasteiger partial charge in [-0.15, -0.1) is 0 Å². The van der Waals surface area contributed by atoms with E-state index in [4.69, 9.17) is 9.47 Å². The zero-order chi connectivity index (χ0) is 19.6. The summed E-state index contributed by atoms with van der Waals surface area (Å²) in [7, 11) is 1.37. The summed E-state index contributed by atoms with van der Waals surface area (Å²) in [5.74, 6) is 0.858. The van der Waals surface area contributed by atoms with Crippen molar-refractivity contribution in [1.29, 1.82) is 0 Å². The molecule has 1 aromatic carbocycles. The highest BCUT2D eigenvalue weighted by Crippen LogP contribution is 2.36. The molecule has 2 aromatic heterocycles. The largest absolute Gasteiger partial charge is 0.493 e. The molecule has 2 heterocycles. The van der Waals surface area contributed by atoms with Gasteiger partial charge in [-0.25, -0.2) is 4.98 Å². The van der Waals surface area contributed by atoms with Crippen LogP contribution in [0.1, 0.15) is 17.9 Å². The third kappa shape index (κ3) is 3.85. The number of halogens is 2. The topological polar surface area (TPSA) is 86.3 Å². The summed E-state index contributed by atoms with van der Waals surface area (Å²) in [6.45, 7) is -1.20. The molecule has 144 valence electrons. The van der Waals surface area contributed by atoms with E-state index in [9.17, 15) is 13.0 Å². The van der Waals surface area contributed by atoms with Gasteiger partial charge in [-0.1, -0.05) is 0 Å². The fraction of sp³-hybridized carbons (Fsp3) is 0.294. The highest BCUT2D eigenvalue weighted by Gasteiger charge is 2.25. The van der Waals surface area contributed by atoms with Crippen molar-refractivity contribution in [2.45, 2.75) is 23.9 Å². The van der Waals surface area contributed by atoms with E-state index in [1.807, 2.05) is 0 Å². The lowest BCUT2D eigenvalue weighted by Crippen LogP contribution is -2.09. The molecule has 27 heavy (non-hydrogen) atoms. The van der Waals surface area contributed by atoms with Crippen LogP contribution >= 0.6 is 0 Å². The van der Waals surface area contributed by atoms with Crippen molar-refractivity contribution in [3.05, 3.63) is 36.2 Å². The van der Waals surface area contributed by atoms with Crippen LogP contribution in [0.25, 0.3) is 11.0 Å². The van der Waals surface area contributed by atoms with Gasteiger partial charge in [0.05, 0.1) is 41.3 Å². The monoisotopic (exact) mass is 397 g/mol. The summed E-state index contributed by atoms with van der Waals surface area (Å²) in [6, 6.07) is 5.91. The molecule has 0 aliphatic carbocycles. The minimum absolute atomic E-state index is 0.0114. The van der Waals surface area contributed by atoms with Gasteiger partial charge in [-0.05, 0) is 19.1 Å². The summed E-state index contributed by atoms with van der Waals surface area (Å²) in [4.78, 5) is 11.4. The van der Waals surface area contributed by atoms with E-state index in [1.165, 1.54) is 38.6 Å². The number of H-pyrrole nitrogens is 1. The van der Waals surface area contributed by atoms with Gasteiger partial charge in [-0.2, -0.15) is 8.78 Å². The third-order valence-electron chi connectivity index (χ3n) is 3.87. The molecule has 0 saturated carbocycles. The van der Waals surface area contributed by atoms with Gasteiger partial charge in [0, 0.05) is 18.3 Å². The first-order valence-electron chi connectivity index (χ1n) is 7.86. The van der Waals surface area contributed by atoms with Crippen molar-refractivity contribution in [3.8, 4) is 17.2 Å². The number of benzene rings is 1. The lowest BCUT2D eigenvalue weighted by atomic mass is 10.2.